The molecular weight excluding hydrogens is 256 g/mol. The van der Waals surface area contributed by atoms with Crippen LogP contribution in [0.2, 0.25) is 0 Å². The maximum atomic E-state index is 12.5. The molecule has 2 heterocycles. The van der Waals surface area contributed by atoms with Crippen molar-refractivity contribution in [2.45, 2.75) is 45.1 Å². The molecule has 1 atom stereocenters. The minimum atomic E-state index is -0.111. The minimum Gasteiger partial charge on any atom is -0.469 e. The number of amides is 1. The van der Waals surface area contributed by atoms with Crippen molar-refractivity contribution in [1.29, 1.82) is 0 Å². The van der Waals surface area contributed by atoms with Crippen molar-refractivity contribution in [2.24, 2.45) is 5.92 Å². The number of ether oxygens (including phenoxy) is 1. The van der Waals surface area contributed by atoms with E-state index in [2.05, 4.69) is 4.90 Å². The summed E-state index contributed by atoms with van der Waals surface area (Å²) in [6.07, 6.45) is 5.09. The van der Waals surface area contributed by atoms with Crippen LogP contribution in [0.25, 0.3) is 0 Å². The van der Waals surface area contributed by atoms with Gasteiger partial charge >= 0.3 is 5.97 Å². The summed E-state index contributed by atoms with van der Waals surface area (Å²) in [5.41, 5.74) is 0. The Morgan fingerprint density at radius 3 is 2.20 bits per heavy atom. The first-order chi connectivity index (χ1) is 9.63. The summed E-state index contributed by atoms with van der Waals surface area (Å²) in [4.78, 5) is 28.2. The molecule has 114 valence electrons. The lowest BCUT2D eigenvalue weighted by molar-refractivity contribution is -0.147. The van der Waals surface area contributed by atoms with E-state index in [0.29, 0.717) is 0 Å². The highest BCUT2D eigenvalue weighted by Crippen LogP contribution is 2.21. The number of hydrogen-bond acceptors (Lipinski definition) is 4. The van der Waals surface area contributed by atoms with Crippen LogP contribution in [0.5, 0.6) is 0 Å². The van der Waals surface area contributed by atoms with E-state index < -0.39 is 0 Å². The van der Waals surface area contributed by atoms with Crippen molar-refractivity contribution in [3.05, 3.63) is 0 Å². The van der Waals surface area contributed by atoms with Gasteiger partial charge in [-0.3, -0.25) is 14.5 Å². The number of likely N-dealkylation sites (tertiary alicyclic amines) is 2. The highest BCUT2D eigenvalue weighted by Gasteiger charge is 2.32. The molecule has 2 saturated heterocycles. The molecule has 0 bridgehead atoms. The first kappa shape index (κ1) is 15.3. The van der Waals surface area contributed by atoms with Crippen LogP contribution < -0.4 is 0 Å². The van der Waals surface area contributed by atoms with Crippen LogP contribution in [0.4, 0.5) is 0 Å². The molecule has 0 aromatic heterocycles. The van der Waals surface area contributed by atoms with Crippen LogP contribution in [0, 0.1) is 5.92 Å². The van der Waals surface area contributed by atoms with Gasteiger partial charge in [0.05, 0.1) is 19.1 Å². The maximum Gasteiger partial charge on any atom is 0.308 e. The van der Waals surface area contributed by atoms with E-state index in [9.17, 15) is 9.59 Å². The summed E-state index contributed by atoms with van der Waals surface area (Å²) in [7, 11) is 1.44. The lowest BCUT2D eigenvalue weighted by atomic mass is 9.96. The third-order valence-electron chi connectivity index (χ3n) is 4.64. The van der Waals surface area contributed by atoms with E-state index >= 15 is 0 Å². The van der Waals surface area contributed by atoms with Crippen LogP contribution in [-0.2, 0) is 14.3 Å². The Hall–Kier alpha value is -1.10. The van der Waals surface area contributed by atoms with E-state index in [-0.39, 0.29) is 23.8 Å². The second-order valence-corrected chi connectivity index (χ2v) is 5.90. The second-order valence-electron chi connectivity index (χ2n) is 5.90. The Balaban J connectivity index is 1.83. The fraction of sp³-hybridized carbons (Fsp3) is 0.867. The predicted octanol–water partition coefficient (Wildman–Crippen LogP) is 1.27. The number of carbonyl (C=O) groups is 2. The lowest BCUT2D eigenvalue weighted by Crippen LogP contribution is -2.51. The molecule has 2 fully saturated rings. The molecular formula is C15H26N2O3. The molecule has 2 rings (SSSR count). The Bertz CT molecular complexity index is 345. The van der Waals surface area contributed by atoms with Gasteiger partial charge in [0.25, 0.3) is 0 Å². The molecule has 1 unspecified atom stereocenters. The third-order valence-corrected chi connectivity index (χ3v) is 4.64. The van der Waals surface area contributed by atoms with Crippen molar-refractivity contribution in [1.82, 2.24) is 9.80 Å². The largest absolute Gasteiger partial charge is 0.469 e. The molecule has 0 N–H and O–H groups in total. The molecule has 0 saturated carbocycles. The van der Waals surface area contributed by atoms with E-state index in [1.807, 2.05) is 11.8 Å². The van der Waals surface area contributed by atoms with Gasteiger partial charge in [-0.25, -0.2) is 0 Å². The van der Waals surface area contributed by atoms with Crippen LogP contribution in [0.3, 0.4) is 0 Å². The van der Waals surface area contributed by atoms with Gasteiger partial charge in [0.15, 0.2) is 0 Å². The highest BCUT2D eigenvalue weighted by molar-refractivity contribution is 5.81. The SMILES string of the molecule is COC(=O)C1CCN(C(C)C(=O)N2CCCCC2)CC1. The molecule has 0 aromatic rings. The molecule has 2 aliphatic heterocycles. The molecule has 5 heteroatoms. The maximum absolute atomic E-state index is 12.5. The molecule has 0 aromatic carbocycles. The second kappa shape index (κ2) is 7.07. The topological polar surface area (TPSA) is 49.9 Å². The third kappa shape index (κ3) is 3.51. The van der Waals surface area contributed by atoms with Gasteiger partial charge in [0.1, 0.15) is 0 Å². The van der Waals surface area contributed by atoms with Crippen LogP contribution in [-0.4, -0.2) is 61.0 Å². The summed E-state index contributed by atoms with van der Waals surface area (Å²) >= 11 is 0. The van der Waals surface area contributed by atoms with Crippen molar-refractivity contribution < 1.29 is 14.3 Å². The lowest BCUT2D eigenvalue weighted by Gasteiger charge is -2.37. The Morgan fingerprint density at radius 1 is 1.05 bits per heavy atom. The minimum absolute atomic E-state index is 0.00791. The van der Waals surface area contributed by atoms with E-state index in [0.717, 1.165) is 51.9 Å². The number of methoxy groups -OCH3 is 1. The average molecular weight is 282 g/mol. The number of hydrogen-bond donors (Lipinski definition) is 0. The van der Waals surface area contributed by atoms with E-state index in [1.165, 1.54) is 13.5 Å². The van der Waals surface area contributed by atoms with Gasteiger partial charge in [0, 0.05) is 13.1 Å². The summed E-state index contributed by atoms with van der Waals surface area (Å²) in [5.74, 6) is 0.148. The van der Waals surface area contributed by atoms with Crippen molar-refractivity contribution in [3.8, 4) is 0 Å². The Kier molecular flexibility index (Phi) is 5.40. The zero-order valence-corrected chi connectivity index (χ0v) is 12.6. The fourth-order valence-corrected chi connectivity index (χ4v) is 3.22. The normalized spacial score (nSPS) is 23.4. The quantitative estimate of drug-likeness (QED) is 0.732. The van der Waals surface area contributed by atoms with Crippen molar-refractivity contribution >= 4 is 11.9 Å². The number of piperidine rings is 2. The first-order valence-corrected chi connectivity index (χ1v) is 7.74. The van der Waals surface area contributed by atoms with Crippen LogP contribution in [0.15, 0.2) is 0 Å². The standard InChI is InChI=1S/C15H26N2O3/c1-12(14(18)17-8-4-3-5-9-17)16-10-6-13(7-11-16)15(19)20-2/h12-13H,3-11H2,1-2H3. The molecule has 0 radical (unpaired) electrons. The fourth-order valence-electron chi connectivity index (χ4n) is 3.22. The number of esters is 1. The molecule has 1 amide bonds. The first-order valence-electron chi connectivity index (χ1n) is 7.74. The zero-order valence-electron chi connectivity index (χ0n) is 12.6. The van der Waals surface area contributed by atoms with Gasteiger partial charge < -0.3 is 9.64 Å². The Morgan fingerprint density at radius 2 is 1.65 bits per heavy atom. The molecule has 20 heavy (non-hydrogen) atoms. The van der Waals surface area contributed by atoms with Crippen LogP contribution in [0.1, 0.15) is 39.0 Å². The number of carbonyl (C=O) groups excluding carboxylic acids is 2. The summed E-state index contributed by atoms with van der Waals surface area (Å²) in [6, 6.07) is -0.0632. The van der Waals surface area contributed by atoms with E-state index in [1.54, 1.807) is 0 Å². The van der Waals surface area contributed by atoms with Gasteiger partial charge in [-0.2, -0.15) is 0 Å². The molecule has 0 spiro atoms. The predicted molar refractivity (Wildman–Crippen MR) is 76.2 cm³/mol. The van der Waals surface area contributed by atoms with Gasteiger partial charge in [-0.15, -0.1) is 0 Å². The molecule has 5 nitrogen and oxygen atoms in total. The number of rotatable bonds is 3. The molecule has 0 aliphatic carbocycles. The summed E-state index contributed by atoms with van der Waals surface area (Å²) in [5, 5.41) is 0. The smallest absolute Gasteiger partial charge is 0.308 e. The zero-order chi connectivity index (χ0) is 14.5. The van der Waals surface area contributed by atoms with E-state index in [4.69, 9.17) is 4.74 Å². The van der Waals surface area contributed by atoms with Crippen LogP contribution >= 0.6 is 0 Å². The monoisotopic (exact) mass is 282 g/mol. The summed E-state index contributed by atoms with van der Waals surface area (Å²) < 4.78 is 4.80. The van der Waals surface area contributed by atoms with Gasteiger partial charge in [-0.05, 0) is 52.1 Å². The Labute approximate surface area is 121 Å². The van der Waals surface area contributed by atoms with Gasteiger partial charge in [0.2, 0.25) is 5.91 Å². The summed E-state index contributed by atoms with van der Waals surface area (Å²) in [6.45, 7) is 5.42. The highest BCUT2D eigenvalue weighted by atomic mass is 16.5. The average Bonchev–Trinajstić information content (AvgIpc) is 2.53. The molecule has 2 aliphatic rings. The van der Waals surface area contributed by atoms with Gasteiger partial charge in [-0.1, -0.05) is 0 Å². The van der Waals surface area contributed by atoms with Crippen molar-refractivity contribution in [2.75, 3.05) is 33.3 Å². The van der Waals surface area contributed by atoms with Crippen molar-refractivity contribution in [3.63, 3.8) is 0 Å². The number of nitrogens with zero attached hydrogens (tertiary/aromatic N) is 2.